The van der Waals surface area contributed by atoms with Crippen LogP contribution in [0.5, 0.6) is 0 Å². The predicted molar refractivity (Wildman–Crippen MR) is 114 cm³/mol. The SMILES string of the molecule is c1ccc2c(-n3c4ccccc4c4c5ccccc5sc43)cccc2c1. The normalized spacial score (nSPS) is 11.8. The Bertz CT molecular complexity index is 1430. The van der Waals surface area contributed by atoms with Crippen LogP contribution in [0.3, 0.4) is 0 Å². The fourth-order valence-electron chi connectivity index (χ4n) is 4.08. The maximum atomic E-state index is 2.44. The first-order valence-corrected chi connectivity index (χ1v) is 9.62. The summed E-state index contributed by atoms with van der Waals surface area (Å²) in [6, 6.07) is 32.7. The molecule has 0 amide bonds. The van der Waals surface area contributed by atoms with Crippen LogP contribution in [0.25, 0.3) is 47.7 Å². The molecule has 0 saturated heterocycles. The van der Waals surface area contributed by atoms with Gasteiger partial charge in [-0.25, -0.2) is 0 Å². The Morgan fingerprint density at radius 2 is 1.27 bits per heavy atom. The van der Waals surface area contributed by atoms with E-state index in [1.165, 1.54) is 47.7 Å². The zero-order chi connectivity index (χ0) is 17.1. The maximum absolute atomic E-state index is 2.44. The Hall–Kier alpha value is -3.10. The number of rotatable bonds is 1. The van der Waals surface area contributed by atoms with Crippen molar-refractivity contribution in [2.75, 3.05) is 0 Å². The predicted octanol–water partition coefficient (Wildman–Crippen LogP) is 7.15. The van der Waals surface area contributed by atoms with Crippen LogP contribution in [-0.4, -0.2) is 4.57 Å². The van der Waals surface area contributed by atoms with Crippen molar-refractivity contribution in [3.8, 4) is 5.69 Å². The minimum Gasteiger partial charge on any atom is -0.300 e. The third-order valence-corrected chi connectivity index (χ3v) is 6.36. The third kappa shape index (κ3) is 1.80. The first-order chi connectivity index (χ1) is 12.9. The number of hydrogen-bond donors (Lipinski definition) is 0. The van der Waals surface area contributed by atoms with Gasteiger partial charge in [-0.05, 0) is 23.6 Å². The molecule has 0 radical (unpaired) electrons. The molecule has 2 heterocycles. The fraction of sp³-hybridized carbons (Fsp3) is 0. The highest BCUT2D eigenvalue weighted by Gasteiger charge is 2.17. The van der Waals surface area contributed by atoms with E-state index in [4.69, 9.17) is 0 Å². The van der Waals surface area contributed by atoms with Crippen molar-refractivity contribution in [1.29, 1.82) is 0 Å². The molecule has 6 aromatic rings. The average Bonchev–Trinajstić information content (AvgIpc) is 3.22. The van der Waals surface area contributed by atoms with E-state index in [1.54, 1.807) is 0 Å². The van der Waals surface area contributed by atoms with Gasteiger partial charge < -0.3 is 4.57 Å². The molecule has 1 nitrogen and oxygen atoms in total. The van der Waals surface area contributed by atoms with E-state index in [0.717, 1.165) is 0 Å². The highest BCUT2D eigenvalue weighted by molar-refractivity contribution is 7.25. The minimum atomic E-state index is 1.25. The summed E-state index contributed by atoms with van der Waals surface area (Å²) in [5, 5.41) is 6.61. The Labute approximate surface area is 154 Å². The summed E-state index contributed by atoms with van der Waals surface area (Å²) in [5.74, 6) is 0. The summed E-state index contributed by atoms with van der Waals surface area (Å²) in [4.78, 5) is 1.32. The summed E-state index contributed by atoms with van der Waals surface area (Å²) in [6.07, 6.45) is 0. The van der Waals surface area contributed by atoms with Crippen LogP contribution in [0.15, 0.2) is 91.0 Å². The molecule has 0 atom stereocenters. The molecule has 4 aromatic carbocycles. The van der Waals surface area contributed by atoms with Crippen molar-refractivity contribution in [2.24, 2.45) is 0 Å². The average molecular weight is 349 g/mol. The molecule has 0 spiro atoms. The second kappa shape index (κ2) is 5.20. The van der Waals surface area contributed by atoms with Crippen LogP contribution >= 0.6 is 11.3 Å². The van der Waals surface area contributed by atoms with E-state index in [-0.39, 0.29) is 0 Å². The number of para-hydroxylation sites is 1. The summed E-state index contributed by atoms with van der Waals surface area (Å²) < 4.78 is 3.79. The van der Waals surface area contributed by atoms with Crippen LogP contribution in [0.4, 0.5) is 0 Å². The molecule has 0 fully saturated rings. The standard InChI is InChI=1S/C24H15NS/c1-2-10-17-16(8-1)9-7-14-20(17)25-21-13-5-3-11-18(21)23-19-12-4-6-15-22(19)26-24(23)25/h1-15H. The van der Waals surface area contributed by atoms with E-state index >= 15 is 0 Å². The molecule has 2 heteroatoms. The van der Waals surface area contributed by atoms with Crippen molar-refractivity contribution >= 4 is 53.3 Å². The summed E-state index contributed by atoms with van der Waals surface area (Å²) in [6.45, 7) is 0. The van der Waals surface area contributed by atoms with Gasteiger partial charge in [0.25, 0.3) is 0 Å². The van der Waals surface area contributed by atoms with E-state index in [9.17, 15) is 0 Å². The van der Waals surface area contributed by atoms with Crippen LogP contribution in [-0.2, 0) is 0 Å². The van der Waals surface area contributed by atoms with Crippen molar-refractivity contribution in [2.45, 2.75) is 0 Å². The van der Waals surface area contributed by atoms with Crippen LogP contribution in [0.2, 0.25) is 0 Å². The second-order valence-electron chi connectivity index (χ2n) is 6.63. The number of hydrogen-bond acceptors (Lipinski definition) is 1. The van der Waals surface area contributed by atoms with Crippen LogP contribution in [0.1, 0.15) is 0 Å². The van der Waals surface area contributed by atoms with Gasteiger partial charge in [0, 0.05) is 26.2 Å². The number of benzene rings is 4. The molecule has 2 aromatic heterocycles. The Balaban J connectivity index is 1.88. The van der Waals surface area contributed by atoms with E-state index in [0.29, 0.717) is 0 Å². The minimum absolute atomic E-state index is 1.25. The highest BCUT2D eigenvalue weighted by atomic mass is 32.1. The zero-order valence-electron chi connectivity index (χ0n) is 14.0. The van der Waals surface area contributed by atoms with Crippen molar-refractivity contribution < 1.29 is 0 Å². The Kier molecular flexibility index (Phi) is 2.82. The lowest BCUT2D eigenvalue weighted by Gasteiger charge is -2.10. The smallest absolute Gasteiger partial charge is 0.109 e. The number of nitrogens with zero attached hydrogens (tertiary/aromatic N) is 1. The van der Waals surface area contributed by atoms with Gasteiger partial charge in [0.1, 0.15) is 4.83 Å². The fourth-order valence-corrected chi connectivity index (χ4v) is 5.33. The molecule has 0 aliphatic carbocycles. The molecule has 0 unspecified atom stereocenters. The van der Waals surface area contributed by atoms with Gasteiger partial charge in [0.2, 0.25) is 0 Å². The molecule has 0 aliphatic rings. The molecular formula is C24H15NS. The Morgan fingerprint density at radius 3 is 2.19 bits per heavy atom. The summed E-state index contributed by atoms with van der Waals surface area (Å²) >= 11 is 1.88. The number of fused-ring (bicyclic) bond motifs is 6. The van der Waals surface area contributed by atoms with E-state index < -0.39 is 0 Å². The second-order valence-corrected chi connectivity index (χ2v) is 7.66. The van der Waals surface area contributed by atoms with Gasteiger partial charge in [0.05, 0.1) is 11.2 Å². The zero-order valence-corrected chi connectivity index (χ0v) is 14.8. The molecule has 6 rings (SSSR count). The summed E-state index contributed by atoms with van der Waals surface area (Å²) in [5.41, 5.74) is 2.52. The highest BCUT2D eigenvalue weighted by Crippen LogP contribution is 2.42. The van der Waals surface area contributed by atoms with Gasteiger partial charge in [-0.15, -0.1) is 11.3 Å². The topological polar surface area (TPSA) is 4.93 Å². The molecule has 26 heavy (non-hydrogen) atoms. The molecule has 0 bridgehead atoms. The lowest BCUT2D eigenvalue weighted by atomic mass is 10.1. The largest absolute Gasteiger partial charge is 0.300 e. The van der Waals surface area contributed by atoms with Gasteiger partial charge in [0.15, 0.2) is 0 Å². The van der Waals surface area contributed by atoms with Crippen molar-refractivity contribution in [3.63, 3.8) is 0 Å². The first kappa shape index (κ1) is 14.1. The molecular weight excluding hydrogens is 334 g/mol. The van der Waals surface area contributed by atoms with Crippen molar-refractivity contribution in [3.05, 3.63) is 91.0 Å². The maximum Gasteiger partial charge on any atom is 0.109 e. The van der Waals surface area contributed by atoms with Crippen LogP contribution in [0, 0.1) is 0 Å². The van der Waals surface area contributed by atoms with Gasteiger partial charge >= 0.3 is 0 Å². The molecule has 0 saturated carbocycles. The number of thiophene rings is 1. The van der Waals surface area contributed by atoms with E-state index in [1.807, 2.05) is 11.3 Å². The lowest BCUT2D eigenvalue weighted by Crippen LogP contribution is -1.93. The van der Waals surface area contributed by atoms with Gasteiger partial charge in [-0.3, -0.25) is 0 Å². The lowest BCUT2D eigenvalue weighted by molar-refractivity contribution is 1.21. The molecule has 0 N–H and O–H groups in total. The monoisotopic (exact) mass is 349 g/mol. The first-order valence-electron chi connectivity index (χ1n) is 8.81. The Morgan fingerprint density at radius 1 is 0.577 bits per heavy atom. The molecule has 122 valence electrons. The van der Waals surface area contributed by atoms with Gasteiger partial charge in [-0.2, -0.15) is 0 Å². The van der Waals surface area contributed by atoms with E-state index in [2.05, 4.69) is 95.6 Å². The van der Waals surface area contributed by atoms with Crippen LogP contribution < -0.4 is 0 Å². The number of aromatic nitrogens is 1. The molecule has 0 aliphatic heterocycles. The van der Waals surface area contributed by atoms with Gasteiger partial charge in [-0.1, -0.05) is 72.8 Å². The summed E-state index contributed by atoms with van der Waals surface area (Å²) in [7, 11) is 0. The quantitative estimate of drug-likeness (QED) is 0.297. The van der Waals surface area contributed by atoms with Crippen molar-refractivity contribution in [1.82, 2.24) is 4.57 Å². The third-order valence-electron chi connectivity index (χ3n) is 5.20.